The Morgan fingerprint density at radius 1 is 0.975 bits per heavy atom. The lowest BCUT2D eigenvalue weighted by Crippen LogP contribution is -2.52. The normalized spacial score (nSPS) is 33.4. The van der Waals surface area contributed by atoms with E-state index in [0.29, 0.717) is 5.57 Å². The van der Waals surface area contributed by atoms with Crippen LogP contribution < -0.4 is 0 Å². The van der Waals surface area contributed by atoms with E-state index in [-0.39, 0.29) is 35.4 Å². The second kappa shape index (κ2) is 10.1. The van der Waals surface area contributed by atoms with Crippen molar-refractivity contribution in [3.05, 3.63) is 70.2 Å². The standard InChI is InChI=1S/C35H40O5/c1-2-3-15-28-35-19-18-24(29(32(35)34(38)40-28)22-12-8-13-23(36)20-22)25-16-17-26-27(39-33(37)30(26)31(25)35)14-7-11-21-9-5-4-6-10-21/h8,12-15,20-21,24-25,31,36H,2-7,9-11,16-19H2,1H3/b27-14?,28-15-/t24-,25+,31-,35-/m1/s1. The predicted octanol–water partition coefficient (Wildman–Crippen LogP) is 7.92. The Balaban J connectivity index is 1.33. The molecule has 7 aliphatic rings. The molecule has 5 nitrogen and oxygen atoms in total. The fourth-order valence-electron chi connectivity index (χ4n) is 9.15. The minimum atomic E-state index is -0.649. The Hall–Kier alpha value is -3.08. The maximum Gasteiger partial charge on any atom is 0.340 e. The number of fused-ring (bicyclic) bond motifs is 1. The third-order valence-corrected chi connectivity index (χ3v) is 10.7. The minimum Gasteiger partial charge on any atom is -0.508 e. The highest BCUT2D eigenvalue weighted by molar-refractivity contribution is 6.06. The highest BCUT2D eigenvalue weighted by Crippen LogP contribution is 2.71. The van der Waals surface area contributed by atoms with Crippen LogP contribution >= 0.6 is 0 Å². The maximum absolute atomic E-state index is 13.7. The lowest BCUT2D eigenvalue weighted by atomic mass is 9.44. The Bertz CT molecular complexity index is 1370. The van der Waals surface area contributed by atoms with Gasteiger partial charge in [-0.3, -0.25) is 0 Å². The number of allylic oxidation sites excluding steroid dienone is 5. The van der Waals surface area contributed by atoms with Crippen LogP contribution in [0.15, 0.2) is 64.7 Å². The molecular weight excluding hydrogens is 500 g/mol. The van der Waals surface area contributed by atoms with Gasteiger partial charge in [0.05, 0.1) is 11.0 Å². The first-order chi connectivity index (χ1) is 19.5. The summed E-state index contributed by atoms with van der Waals surface area (Å²) in [6.07, 6.45) is 18.4. The van der Waals surface area contributed by atoms with Crippen molar-refractivity contribution in [2.75, 3.05) is 0 Å². The number of hydrogen-bond acceptors (Lipinski definition) is 5. The molecule has 0 unspecified atom stereocenters. The average Bonchev–Trinajstić information content (AvgIpc) is 3.45. The largest absolute Gasteiger partial charge is 0.508 e. The van der Waals surface area contributed by atoms with E-state index in [9.17, 15) is 14.7 Å². The zero-order chi connectivity index (χ0) is 27.4. The lowest BCUT2D eigenvalue weighted by molar-refractivity contribution is -0.135. The van der Waals surface area contributed by atoms with Gasteiger partial charge in [-0.2, -0.15) is 0 Å². The number of aromatic hydroxyl groups is 1. The summed E-state index contributed by atoms with van der Waals surface area (Å²) in [7, 11) is 0. The molecule has 0 aromatic heterocycles. The molecule has 1 spiro atoms. The summed E-state index contributed by atoms with van der Waals surface area (Å²) in [6, 6.07) is 7.29. The molecule has 3 fully saturated rings. The number of hydrogen-bond donors (Lipinski definition) is 1. The molecule has 1 N–H and O–H groups in total. The van der Waals surface area contributed by atoms with Crippen molar-refractivity contribution in [2.45, 2.75) is 90.4 Å². The molecule has 1 aromatic rings. The topological polar surface area (TPSA) is 72.8 Å². The molecule has 8 rings (SSSR count). The molecule has 40 heavy (non-hydrogen) atoms. The van der Waals surface area contributed by atoms with E-state index in [0.717, 1.165) is 91.1 Å². The number of unbranched alkanes of at least 4 members (excludes halogenated alkanes) is 1. The van der Waals surface area contributed by atoms with E-state index >= 15 is 0 Å². The number of cyclic esters (lactones) is 2. The number of carbonyl (C=O) groups is 2. The lowest BCUT2D eigenvalue weighted by Gasteiger charge is -2.56. The fourth-order valence-corrected chi connectivity index (χ4v) is 9.15. The van der Waals surface area contributed by atoms with E-state index in [1.54, 1.807) is 12.1 Å². The van der Waals surface area contributed by atoms with Gasteiger partial charge in [0.25, 0.3) is 0 Å². The Labute approximate surface area is 237 Å². The summed E-state index contributed by atoms with van der Waals surface area (Å²) in [5.41, 5.74) is 3.86. The number of phenolic OH excluding ortho intramolecular Hbond substituents is 1. The maximum atomic E-state index is 13.7. The monoisotopic (exact) mass is 540 g/mol. The molecule has 0 amide bonds. The van der Waals surface area contributed by atoms with Crippen LogP contribution in [0.5, 0.6) is 5.75 Å². The van der Waals surface area contributed by atoms with Crippen LogP contribution in [0.2, 0.25) is 0 Å². The van der Waals surface area contributed by atoms with Crippen molar-refractivity contribution < 1.29 is 24.2 Å². The van der Waals surface area contributed by atoms with Gasteiger partial charge in [0.15, 0.2) is 0 Å². The number of phenols is 1. The van der Waals surface area contributed by atoms with Crippen molar-refractivity contribution in [1.29, 1.82) is 0 Å². The first kappa shape index (κ1) is 25.9. The van der Waals surface area contributed by atoms with Crippen LogP contribution in [0.4, 0.5) is 0 Å². The molecule has 1 aromatic carbocycles. The first-order valence-corrected chi connectivity index (χ1v) is 15.7. The van der Waals surface area contributed by atoms with Gasteiger partial charge in [0.1, 0.15) is 17.3 Å². The van der Waals surface area contributed by atoms with Crippen molar-refractivity contribution >= 4 is 17.5 Å². The molecule has 4 atom stereocenters. The SMILES string of the molecule is CCC/C=C1\OC(=O)C2=C(c3cccc(O)c3)[C@@H]3CC[C@@]21[C@H]1C2=C(CC[C@@H]31)C(=CCCC1CCCCC1)OC2=O. The molecule has 0 radical (unpaired) electrons. The number of rotatable bonds is 6. The van der Waals surface area contributed by atoms with Crippen molar-refractivity contribution in [3.8, 4) is 5.75 Å². The van der Waals surface area contributed by atoms with Crippen molar-refractivity contribution in [1.82, 2.24) is 0 Å². The summed E-state index contributed by atoms with van der Waals surface area (Å²) in [5, 5.41) is 10.3. The van der Waals surface area contributed by atoms with Crippen LogP contribution in [0.25, 0.3) is 5.57 Å². The Kier molecular flexibility index (Phi) is 6.52. The highest BCUT2D eigenvalue weighted by atomic mass is 16.5. The molecule has 2 bridgehead atoms. The van der Waals surface area contributed by atoms with E-state index < -0.39 is 5.41 Å². The van der Waals surface area contributed by atoms with Crippen LogP contribution in [0.3, 0.4) is 0 Å². The summed E-state index contributed by atoms with van der Waals surface area (Å²) in [4.78, 5) is 27.4. The van der Waals surface area contributed by atoms with Gasteiger partial charge in [0, 0.05) is 17.1 Å². The van der Waals surface area contributed by atoms with Gasteiger partial charge in [-0.15, -0.1) is 0 Å². The summed E-state index contributed by atoms with van der Waals surface area (Å²) in [6.45, 7) is 2.13. The van der Waals surface area contributed by atoms with Crippen LogP contribution in [0, 0.1) is 29.1 Å². The van der Waals surface area contributed by atoms with Crippen LogP contribution in [-0.4, -0.2) is 17.0 Å². The molecule has 2 heterocycles. The van der Waals surface area contributed by atoms with Gasteiger partial charge in [-0.25, -0.2) is 9.59 Å². The zero-order valence-electron chi connectivity index (χ0n) is 23.5. The Morgan fingerprint density at radius 3 is 2.62 bits per heavy atom. The van der Waals surface area contributed by atoms with Crippen LogP contribution in [0.1, 0.15) is 96.0 Å². The van der Waals surface area contributed by atoms with E-state index in [1.807, 2.05) is 12.1 Å². The first-order valence-electron chi connectivity index (χ1n) is 15.7. The minimum absolute atomic E-state index is 0.114. The summed E-state index contributed by atoms with van der Waals surface area (Å²) >= 11 is 0. The molecule has 5 heteroatoms. The van der Waals surface area contributed by atoms with Crippen molar-refractivity contribution in [3.63, 3.8) is 0 Å². The second-order valence-electron chi connectivity index (χ2n) is 12.8. The number of benzene rings is 1. The average molecular weight is 541 g/mol. The van der Waals surface area contributed by atoms with Gasteiger partial charge in [-0.1, -0.05) is 57.6 Å². The quantitative estimate of drug-likeness (QED) is 0.371. The van der Waals surface area contributed by atoms with Crippen molar-refractivity contribution in [2.24, 2.45) is 29.1 Å². The predicted molar refractivity (Wildman–Crippen MR) is 152 cm³/mol. The zero-order valence-corrected chi connectivity index (χ0v) is 23.5. The third kappa shape index (κ3) is 3.87. The van der Waals surface area contributed by atoms with E-state index in [4.69, 9.17) is 9.47 Å². The van der Waals surface area contributed by atoms with Gasteiger partial charge in [-0.05, 0) is 98.1 Å². The number of esters is 2. The molecule has 2 saturated carbocycles. The number of ether oxygens (including phenoxy) is 2. The van der Waals surface area contributed by atoms with Crippen LogP contribution in [-0.2, 0) is 19.1 Å². The third-order valence-electron chi connectivity index (χ3n) is 10.7. The molecular formula is C35H40O5. The highest BCUT2D eigenvalue weighted by Gasteiger charge is 2.68. The Morgan fingerprint density at radius 2 is 1.82 bits per heavy atom. The van der Waals surface area contributed by atoms with Gasteiger partial charge >= 0.3 is 11.9 Å². The van der Waals surface area contributed by atoms with E-state index in [2.05, 4.69) is 19.1 Å². The number of carbonyl (C=O) groups excluding carboxylic acids is 2. The molecule has 1 saturated heterocycles. The molecule has 210 valence electrons. The summed E-state index contributed by atoms with van der Waals surface area (Å²) in [5.74, 6) is 2.24. The van der Waals surface area contributed by atoms with Gasteiger partial charge < -0.3 is 14.6 Å². The molecule has 2 aliphatic heterocycles. The molecule has 5 aliphatic carbocycles. The second-order valence-corrected chi connectivity index (χ2v) is 12.8. The van der Waals surface area contributed by atoms with E-state index in [1.165, 1.54) is 32.1 Å². The summed E-state index contributed by atoms with van der Waals surface area (Å²) < 4.78 is 12.1. The fraction of sp³-hybridized carbons (Fsp3) is 0.543. The smallest absolute Gasteiger partial charge is 0.340 e. The van der Waals surface area contributed by atoms with Gasteiger partial charge in [0.2, 0.25) is 0 Å².